The fourth-order valence-electron chi connectivity index (χ4n) is 3.71. The van der Waals surface area contributed by atoms with Crippen molar-refractivity contribution in [3.05, 3.63) is 41.2 Å². The smallest absolute Gasteiger partial charge is 0.404 e. The number of amides is 1. The van der Waals surface area contributed by atoms with Gasteiger partial charge in [-0.15, -0.1) is 0 Å². The van der Waals surface area contributed by atoms with Crippen LogP contribution in [0.4, 0.5) is 10.6 Å². The highest BCUT2D eigenvalue weighted by molar-refractivity contribution is 6.32. The van der Waals surface area contributed by atoms with Crippen LogP contribution in [0.2, 0.25) is 5.15 Å². The summed E-state index contributed by atoms with van der Waals surface area (Å²) in [7, 11) is 1.88. The summed E-state index contributed by atoms with van der Waals surface area (Å²) >= 11 is 6.53. The second-order valence-corrected chi connectivity index (χ2v) is 7.33. The number of nitrogens with two attached hydrogens (primary N) is 1. The SMILES string of the molecule is Cn1ncc2cc(-c3c(C#N)cc(N4CCC(OC(N)=O)CC4)nc3Cl)ccc21. The Hall–Kier alpha value is -3.31. The molecule has 4 rings (SSSR count). The van der Waals surface area contributed by atoms with Gasteiger partial charge in [-0.2, -0.15) is 10.4 Å². The van der Waals surface area contributed by atoms with Gasteiger partial charge in [0, 0.05) is 43.9 Å². The Morgan fingerprint density at radius 1 is 1.34 bits per heavy atom. The summed E-state index contributed by atoms with van der Waals surface area (Å²) in [6, 6.07) is 9.82. The molecule has 1 amide bonds. The molecule has 1 aromatic carbocycles. The minimum atomic E-state index is -0.758. The first-order valence-corrected chi connectivity index (χ1v) is 9.58. The van der Waals surface area contributed by atoms with Crippen LogP contribution in [0.15, 0.2) is 30.5 Å². The van der Waals surface area contributed by atoms with E-state index in [-0.39, 0.29) is 11.3 Å². The molecule has 9 heteroatoms. The number of anilines is 1. The number of hydrogen-bond donors (Lipinski definition) is 1. The Kier molecular flexibility index (Phi) is 4.99. The first-order chi connectivity index (χ1) is 14.0. The average Bonchev–Trinajstić information content (AvgIpc) is 3.07. The number of fused-ring (bicyclic) bond motifs is 1. The Morgan fingerprint density at radius 3 is 2.79 bits per heavy atom. The Labute approximate surface area is 172 Å². The van der Waals surface area contributed by atoms with E-state index < -0.39 is 6.09 Å². The summed E-state index contributed by atoms with van der Waals surface area (Å²) in [4.78, 5) is 17.5. The van der Waals surface area contributed by atoms with Gasteiger partial charge in [0.2, 0.25) is 0 Å². The molecule has 0 spiro atoms. The number of nitrogens with zero attached hydrogens (tertiary/aromatic N) is 5. The number of carbonyl (C=O) groups is 1. The van der Waals surface area contributed by atoms with E-state index in [0.29, 0.717) is 42.9 Å². The molecule has 0 aliphatic carbocycles. The molecule has 0 saturated carbocycles. The first-order valence-electron chi connectivity index (χ1n) is 9.20. The van der Waals surface area contributed by atoms with Crippen LogP contribution < -0.4 is 10.6 Å². The van der Waals surface area contributed by atoms with Crippen molar-refractivity contribution in [3.63, 3.8) is 0 Å². The molecule has 0 unspecified atom stereocenters. The second kappa shape index (κ2) is 7.60. The number of aromatic nitrogens is 3. The Morgan fingerprint density at radius 2 is 2.10 bits per heavy atom. The third kappa shape index (κ3) is 3.69. The molecule has 1 saturated heterocycles. The van der Waals surface area contributed by atoms with E-state index in [2.05, 4.69) is 16.2 Å². The normalized spacial score (nSPS) is 14.7. The zero-order valence-corrected chi connectivity index (χ0v) is 16.6. The average molecular weight is 411 g/mol. The molecule has 0 atom stereocenters. The number of benzene rings is 1. The van der Waals surface area contributed by atoms with Crippen LogP contribution in [0, 0.1) is 11.3 Å². The summed E-state index contributed by atoms with van der Waals surface area (Å²) < 4.78 is 6.85. The molecule has 148 valence electrons. The van der Waals surface area contributed by atoms with Gasteiger partial charge in [0.25, 0.3) is 0 Å². The number of hydrogen-bond acceptors (Lipinski definition) is 6. The zero-order chi connectivity index (χ0) is 20.5. The van der Waals surface area contributed by atoms with Gasteiger partial charge >= 0.3 is 6.09 Å². The number of piperidine rings is 1. The maximum Gasteiger partial charge on any atom is 0.404 e. The van der Waals surface area contributed by atoms with Gasteiger partial charge in [-0.1, -0.05) is 17.7 Å². The van der Waals surface area contributed by atoms with E-state index in [0.717, 1.165) is 16.5 Å². The number of carbonyl (C=O) groups excluding carboxylic acids is 1. The van der Waals surface area contributed by atoms with E-state index >= 15 is 0 Å². The Bertz CT molecular complexity index is 1130. The second-order valence-electron chi connectivity index (χ2n) is 6.97. The molecular formula is C20H19ClN6O2. The fraction of sp³-hybridized carbons (Fsp3) is 0.300. The lowest BCUT2D eigenvalue weighted by Gasteiger charge is -2.32. The molecule has 3 heterocycles. The van der Waals surface area contributed by atoms with Crippen molar-refractivity contribution in [2.45, 2.75) is 18.9 Å². The first kappa shape index (κ1) is 19.0. The molecular weight excluding hydrogens is 392 g/mol. The summed E-state index contributed by atoms with van der Waals surface area (Å²) in [5, 5.41) is 15.2. The molecule has 1 aliphatic heterocycles. The van der Waals surface area contributed by atoms with Gasteiger partial charge in [0.1, 0.15) is 23.1 Å². The van der Waals surface area contributed by atoms with Crippen molar-refractivity contribution in [1.82, 2.24) is 14.8 Å². The highest BCUT2D eigenvalue weighted by Gasteiger charge is 2.24. The molecule has 1 fully saturated rings. The minimum Gasteiger partial charge on any atom is -0.446 e. The van der Waals surface area contributed by atoms with Crippen LogP contribution in [0.5, 0.6) is 0 Å². The standard InChI is InChI=1S/C20H19ClN6O2/c1-26-16-3-2-12(8-14(16)11-24-26)18-13(10-22)9-17(25-19(18)21)27-6-4-15(5-7-27)29-20(23)28/h2-3,8-9,11,15H,4-7H2,1H3,(H2,23,28). The zero-order valence-electron chi connectivity index (χ0n) is 15.8. The molecule has 2 N–H and O–H groups in total. The molecule has 0 radical (unpaired) electrons. The lowest BCUT2D eigenvalue weighted by atomic mass is 10.0. The number of ether oxygens (including phenoxy) is 1. The summed E-state index contributed by atoms with van der Waals surface area (Å²) in [5.74, 6) is 0.635. The third-order valence-electron chi connectivity index (χ3n) is 5.17. The monoisotopic (exact) mass is 410 g/mol. The van der Waals surface area contributed by atoms with Crippen molar-refractivity contribution < 1.29 is 9.53 Å². The summed E-state index contributed by atoms with van der Waals surface area (Å²) in [6.07, 6.45) is 2.11. The van der Waals surface area contributed by atoms with Gasteiger partial charge in [0.15, 0.2) is 0 Å². The molecule has 3 aromatic rings. The van der Waals surface area contributed by atoms with Crippen molar-refractivity contribution in [2.24, 2.45) is 12.8 Å². The molecule has 0 bridgehead atoms. The lowest BCUT2D eigenvalue weighted by Crippen LogP contribution is -2.39. The third-order valence-corrected chi connectivity index (χ3v) is 5.44. The van der Waals surface area contributed by atoms with E-state index in [4.69, 9.17) is 22.1 Å². The number of aryl methyl sites for hydroxylation is 1. The van der Waals surface area contributed by atoms with E-state index in [1.807, 2.05) is 30.1 Å². The van der Waals surface area contributed by atoms with E-state index in [1.165, 1.54) is 0 Å². The summed E-state index contributed by atoms with van der Waals surface area (Å²) in [5.41, 5.74) is 7.97. The summed E-state index contributed by atoms with van der Waals surface area (Å²) in [6.45, 7) is 1.26. The number of halogens is 1. The number of primary amides is 1. The van der Waals surface area contributed by atoms with E-state index in [9.17, 15) is 10.1 Å². The van der Waals surface area contributed by atoms with Crippen molar-refractivity contribution in [1.29, 1.82) is 5.26 Å². The predicted molar refractivity (Wildman–Crippen MR) is 110 cm³/mol. The topological polar surface area (TPSA) is 110 Å². The van der Waals surface area contributed by atoms with Gasteiger partial charge in [-0.3, -0.25) is 4.68 Å². The van der Waals surface area contributed by atoms with Crippen molar-refractivity contribution >= 4 is 34.4 Å². The largest absolute Gasteiger partial charge is 0.446 e. The van der Waals surface area contributed by atoms with Crippen LogP contribution in [0.1, 0.15) is 18.4 Å². The van der Waals surface area contributed by atoms with Gasteiger partial charge < -0.3 is 15.4 Å². The maximum atomic E-state index is 10.9. The van der Waals surface area contributed by atoms with Gasteiger partial charge in [-0.05, 0) is 23.8 Å². The van der Waals surface area contributed by atoms with Crippen LogP contribution in [-0.4, -0.2) is 40.1 Å². The van der Waals surface area contributed by atoms with Crippen LogP contribution in [-0.2, 0) is 11.8 Å². The maximum absolute atomic E-state index is 10.9. The minimum absolute atomic E-state index is 0.194. The molecule has 2 aromatic heterocycles. The van der Waals surface area contributed by atoms with Gasteiger partial charge in [0.05, 0.1) is 17.3 Å². The lowest BCUT2D eigenvalue weighted by molar-refractivity contribution is 0.0911. The highest BCUT2D eigenvalue weighted by atomic mass is 35.5. The van der Waals surface area contributed by atoms with Crippen LogP contribution in [0.3, 0.4) is 0 Å². The molecule has 1 aliphatic rings. The van der Waals surface area contributed by atoms with Crippen molar-refractivity contribution in [3.8, 4) is 17.2 Å². The predicted octanol–water partition coefficient (Wildman–Crippen LogP) is 3.22. The van der Waals surface area contributed by atoms with Crippen molar-refractivity contribution in [2.75, 3.05) is 18.0 Å². The van der Waals surface area contributed by atoms with Crippen LogP contribution in [0.25, 0.3) is 22.0 Å². The highest BCUT2D eigenvalue weighted by Crippen LogP contribution is 2.35. The Balaban J connectivity index is 1.64. The van der Waals surface area contributed by atoms with Crippen LogP contribution >= 0.6 is 11.6 Å². The molecule has 8 nitrogen and oxygen atoms in total. The number of nitriles is 1. The number of pyridine rings is 1. The quantitative estimate of drug-likeness (QED) is 0.664. The fourth-order valence-corrected chi connectivity index (χ4v) is 4.01. The molecule has 29 heavy (non-hydrogen) atoms. The van der Waals surface area contributed by atoms with Gasteiger partial charge in [-0.25, -0.2) is 9.78 Å². The van der Waals surface area contributed by atoms with E-state index in [1.54, 1.807) is 16.9 Å². The number of rotatable bonds is 3.